The molecule has 2 rings (SSSR count). The van der Waals surface area contributed by atoms with Crippen LogP contribution in [0.1, 0.15) is 17.5 Å². The van der Waals surface area contributed by atoms with Gasteiger partial charge in [0.2, 0.25) is 0 Å². The average molecular weight is 400 g/mol. The molecule has 0 aromatic heterocycles. The van der Waals surface area contributed by atoms with Crippen LogP contribution < -0.4 is 15.4 Å². The molecule has 1 amide bonds. The van der Waals surface area contributed by atoms with Crippen molar-refractivity contribution in [2.75, 3.05) is 32.1 Å². The van der Waals surface area contributed by atoms with Gasteiger partial charge in [-0.1, -0.05) is 30.3 Å². The molecular formula is C22H28N2O5. The van der Waals surface area contributed by atoms with E-state index in [0.29, 0.717) is 12.3 Å². The summed E-state index contributed by atoms with van der Waals surface area (Å²) in [7, 11) is 1.37. The van der Waals surface area contributed by atoms with Crippen molar-refractivity contribution in [1.82, 2.24) is 5.32 Å². The average Bonchev–Trinajstić information content (AvgIpc) is 2.72. The van der Waals surface area contributed by atoms with Crippen LogP contribution in [0.5, 0.6) is 5.75 Å². The van der Waals surface area contributed by atoms with E-state index in [4.69, 9.17) is 14.6 Å². The van der Waals surface area contributed by atoms with Crippen molar-refractivity contribution in [2.24, 2.45) is 0 Å². The molecule has 0 saturated heterocycles. The normalized spacial score (nSPS) is 11.5. The molecule has 0 heterocycles. The van der Waals surface area contributed by atoms with Crippen molar-refractivity contribution in [1.29, 1.82) is 0 Å². The number of aliphatic carboxylic acids is 1. The van der Waals surface area contributed by atoms with Crippen molar-refractivity contribution >= 4 is 17.6 Å². The highest BCUT2D eigenvalue weighted by Crippen LogP contribution is 2.14. The zero-order valence-corrected chi connectivity index (χ0v) is 16.8. The van der Waals surface area contributed by atoms with Crippen LogP contribution in [0, 0.1) is 6.92 Å². The third-order valence-electron chi connectivity index (χ3n) is 4.41. The first-order valence-electron chi connectivity index (χ1n) is 9.53. The van der Waals surface area contributed by atoms with Crippen molar-refractivity contribution < 1.29 is 24.2 Å². The van der Waals surface area contributed by atoms with Crippen LogP contribution in [0.15, 0.2) is 48.5 Å². The topological polar surface area (TPSA) is 96.9 Å². The molecule has 0 aliphatic carbocycles. The van der Waals surface area contributed by atoms with Gasteiger partial charge in [0.05, 0.1) is 0 Å². The summed E-state index contributed by atoms with van der Waals surface area (Å²) in [5, 5.41) is 15.2. The van der Waals surface area contributed by atoms with Gasteiger partial charge in [0.1, 0.15) is 5.75 Å². The van der Waals surface area contributed by atoms with Gasteiger partial charge in [0, 0.05) is 32.3 Å². The lowest BCUT2D eigenvalue weighted by Crippen LogP contribution is -2.30. The summed E-state index contributed by atoms with van der Waals surface area (Å²) in [5.41, 5.74) is 3.11. The van der Waals surface area contributed by atoms with Crippen LogP contribution in [-0.4, -0.2) is 49.9 Å². The Morgan fingerprint density at radius 1 is 1.07 bits per heavy atom. The monoisotopic (exact) mass is 400 g/mol. The fourth-order valence-corrected chi connectivity index (χ4v) is 2.72. The number of para-hydroxylation sites is 1. The molecule has 0 aliphatic heterocycles. The fourth-order valence-electron chi connectivity index (χ4n) is 2.72. The van der Waals surface area contributed by atoms with Gasteiger partial charge in [0.25, 0.3) is 5.91 Å². The zero-order valence-electron chi connectivity index (χ0n) is 16.8. The summed E-state index contributed by atoms with van der Waals surface area (Å²) < 4.78 is 10.4. The predicted octanol–water partition coefficient (Wildman–Crippen LogP) is 2.63. The lowest BCUT2D eigenvalue weighted by molar-refractivity contribution is -0.148. The molecule has 0 aliphatic rings. The van der Waals surface area contributed by atoms with Gasteiger partial charge in [-0.3, -0.25) is 4.79 Å². The van der Waals surface area contributed by atoms with E-state index in [9.17, 15) is 9.59 Å². The van der Waals surface area contributed by atoms with E-state index in [1.807, 2.05) is 18.2 Å². The van der Waals surface area contributed by atoms with Gasteiger partial charge < -0.3 is 25.2 Å². The smallest absolute Gasteiger partial charge is 0.333 e. The largest absolute Gasteiger partial charge is 0.484 e. The quantitative estimate of drug-likeness (QED) is 0.474. The van der Waals surface area contributed by atoms with Crippen molar-refractivity contribution in [2.45, 2.75) is 25.9 Å². The number of carbonyl (C=O) groups is 2. The lowest BCUT2D eigenvalue weighted by Gasteiger charge is -2.12. The molecule has 0 fully saturated rings. The number of amides is 1. The molecule has 3 N–H and O–H groups in total. The van der Waals surface area contributed by atoms with Crippen LogP contribution in [0.3, 0.4) is 0 Å². The minimum absolute atomic E-state index is 0.0691. The number of hydrogen-bond acceptors (Lipinski definition) is 5. The summed E-state index contributed by atoms with van der Waals surface area (Å²) >= 11 is 0. The van der Waals surface area contributed by atoms with Crippen LogP contribution in [0.2, 0.25) is 0 Å². The van der Waals surface area contributed by atoms with E-state index in [0.717, 1.165) is 24.2 Å². The highest BCUT2D eigenvalue weighted by atomic mass is 16.5. The van der Waals surface area contributed by atoms with Crippen LogP contribution in [0.4, 0.5) is 5.69 Å². The second kappa shape index (κ2) is 11.7. The van der Waals surface area contributed by atoms with Crippen LogP contribution >= 0.6 is 0 Å². The van der Waals surface area contributed by atoms with E-state index in [1.54, 1.807) is 24.3 Å². The number of anilines is 1. The van der Waals surface area contributed by atoms with E-state index in [1.165, 1.54) is 12.7 Å². The molecule has 7 heteroatoms. The Labute approximate surface area is 171 Å². The second-order valence-corrected chi connectivity index (χ2v) is 6.64. The van der Waals surface area contributed by atoms with Gasteiger partial charge >= 0.3 is 5.97 Å². The Kier molecular flexibility index (Phi) is 8.98. The standard InChI is InChI=1S/C22H28N2O5/c1-16-6-3-4-7-19(16)23-12-5-13-24-21(25)15-29-18-10-8-17(9-11-18)14-20(28-2)22(26)27/h3-4,6-11,20,23H,5,12-15H2,1-2H3,(H,24,25)(H,26,27). The molecule has 0 spiro atoms. The predicted molar refractivity (Wildman–Crippen MR) is 111 cm³/mol. The Morgan fingerprint density at radius 2 is 1.79 bits per heavy atom. The Balaban J connectivity index is 1.63. The molecule has 29 heavy (non-hydrogen) atoms. The molecule has 1 atom stereocenters. The van der Waals surface area contributed by atoms with E-state index >= 15 is 0 Å². The summed E-state index contributed by atoms with van der Waals surface area (Å²) in [6.07, 6.45) is 0.190. The number of benzene rings is 2. The first-order valence-corrected chi connectivity index (χ1v) is 9.53. The Bertz CT molecular complexity index is 792. The van der Waals surface area contributed by atoms with Gasteiger partial charge in [-0.15, -0.1) is 0 Å². The molecule has 0 bridgehead atoms. The number of hydrogen-bond donors (Lipinski definition) is 3. The Morgan fingerprint density at radius 3 is 2.45 bits per heavy atom. The van der Waals surface area contributed by atoms with Gasteiger partial charge in [-0.2, -0.15) is 0 Å². The third-order valence-corrected chi connectivity index (χ3v) is 4.41. The second-order valence-electron chi connectivity index (χ2n) is 6.64. The molecular weight excluding hydrogens is 372 g/mol. The number of aryl methyl sites for hydroxylation is 1. The maximum atomic E-state index is 11.9. The SMILES string of the molecule is COC(Cc1ccc(OCC(=O)NCCCNc2ccccc2C)cc1)C(=O)O. The maximum Gasteiger partial charge on any atom is 0.333 e. The van der Waals surface area contributed by atoms with E-state index < -0.39 is 12.1 Å². The summed E-state index contributed by atoms with van der Waals surface area (Å²) in [6, 6.07) is 15.0. The molecule has 1 unspecified atom stereocenters. The van der Waals surface area contributed by atoms with Crippen LogP contribution in [0.25, 0.3) is 0 Å². The first-order chi connectivity index (χ1) is 14.0. The first kappa shape index (κ1) is 22.2. The van der Waals surface area contributed by atoms with Crippen molar-refractivity contribution in [3.63, 3.8) is 0 Å². The maximum absolute atomic E-state index is 11.9. The molecule has 0 radical (unpaired) electrons. The number of carboxylic acids is 1. The number of nitrogens with one attached hydrogen (secondary N) is 2. The summed E-state index contributed by atoms with van der Waals surface area (Å²) in [6.45, 7) is 3.32. The van der Waals surface area contributed by atoms with Crippen molar-refractivity contribution in [3.05, 3.63) is 59.7 Å². The lowest BCUT2D eigenvalue weighted by atomic mass is 10.1. The third kappa shape index (κ3) is 7.83. The number of methoxy groups -OCH3 is 1. The molecule has 7 nitrogen and oxygen atoms in total. The summed E-state index contributed by atoms with van der Waals surface area (Å²) in [4.78, 5) is 22.9. The van der Waals surface area contributed by atoms with Gasteiger partial charge in [0.15, 0.2) is 12.7 Å². The number of ether oxygens (including phenoxy) is 2. The van der Waals surface area contributed by atoms with Crippen LogP contribution in [-0.2, 0) is 20.7 Å². The Hall–Kier alpha value is -3.06. The fraction of sp³-hybridized carbons (Fsp3) is 0.364. The molecule has 2 aromatic rings. The molecule has 2 aromatic carbocycles. The van der Waals surface area contributed by atoms with E-state index in [-0.39, 0.29) is 18.9 Å². The zero-order chi connectivity index (χ0) is 21.1. The minimum Gasteiger partial charge on any atom is -0.484 e. The highest BCUT2D eigenvalue weighted by molar-refractivity contribution is 5.77. The number of rotatable bonds is 12. The summed E-state index contributed by atoms with van der Waals surface area (Å²) in [5.74, 6) is -0.636. The minimum atomic E-state index is -1.00. The number of carbonyl (C=O) groups excluding carboxylic acids is 1. The molecule has 156 valence electrons. The van der Waals surface area contributed by atoms with Gasteiger partial charge in [-0.05, 0) is 42.7 Å². The highest BCUT2D eigenvalue weighted by Gasteiger charge is 2.16. The van der Waals surface area contributed by atoms with Crippen molar-refractivity contribution in [3.8, 4) is 5.75 Å². The van der Waals surface area contributed by atoms with Gasteiger partial charge in [-0.25, -0.2) is 4.79 Å². The number of carboxylic acid groups (broad SMARTS) is 1. The van der Waals surface area contributed by atoms with E-state index in [2.05, 4.69) is 23.6 Å². The molecule has 0 saturated carbocycles.